The second-order valence-electron chi connectivity index (χ2n) is 27.8. The van der Waals surface area contributed by atoms with Crippen molar-refractivity contribution in [2.45, 2.75) is 254 Å². The van der Waals surface area contributed by atoms with Gasteiger partial charge in [0.05, 0.1) is 34.9 Å². The number of carbonyl (C=O) groups excluding carboxylic acids is 4. The SMILES string of the molecule is CCCC(C)(C)C(C)(CC(C)(C)C(CC)C(C)(CC(C)(CCC)C(C)(CC)C(C)(CC(C)(CCC)C(CC)(CC)C(C)(CC(C)(C)CC)C(=O)N(C)C)C(=O)OCC1CO1)C(=O)N(C)C)C(=O)OCC1CO1. The number of hydrogen-bond donors (Lipinski definition) is 0. The highest BCUT2D eigenvalue weighted by Gasteiger charge is 2.68. The molecule has 2 amide bonds. The number of nitrogens with zero attached hydrogens (tertiary/aromatic N) is 2. The molecule has 2 aliphatic rings. The predicted molar refractivity (Wildman–Crippen MR) is 297 cm³/mol. The Kier molecular flexibility index (Phi) is 22.4. The fourth-order valence-electron chi connectivity index (χ4n) is 16.5. The summed E-state index contributed by atoms with van der Waals surface area (Å²) in [5.74, 6) is -0.391. The standard InChI is InChI=1S/C62H116N2O8/c1-26-34-54(13,14)59(19,50(67)71-39-45-37-69-45)42-53(11,12)47(29-4)57(17,48(65)63(22)23)43-55(15,35-27-2)61(21,31-6)60(20,51(68)72-40-46-38-70-46)44-56(16,36-28-3)62(32-7,33-8)58(18,49(66)64(24)25)41-52(9,10)30-5/h45-47H,26-44H2,1-25H3. The van der Waals surface area contributed by atoms with Gasteiger partial charge in [-0.05, 0) is 122 Å². The molecule has 0 aliphatic carbocycles. The van der Waals surface area contributed by atoms with Crippen LogP contribution in [0.1, 0.15) is 242 Å². The van der Waals surface area contributed by atoms with Crippen LogP contribution < -0.4 is 0 Å². The van der Waals surface area contributed by atoms with Gasteiger partial charge >= 0.3 is 11.9 Å². The topological polar surface area (TPSA) is 118 Å². The summed E-state index contributed by atoms with van der Waals surface area (Å²) >= 11 is 0. The minimum atomic E-state index is -1.08. The molecule has 0 spiro atoms. The molecule has 10 unspecified atom stereocenters. The van der Waals surface area contributed by atoms with Crippen molar-refractivity contribution in [2.75, 3.05) is 54.6 Å². The van der Waals surface area contributed by atoms with Crippen LogP contribution in [0.5, 0.6) is 0 Å². The van der Waals surface area contributed by atoms with E-state index in [2.05, 4.69) is 145 Å². The summed E-state index contributed by atoms with van der Waals surface area (Å²) < 4.78 is 23.8. The molecule has 10 nitrogen and oxygen atoms in total. The highest BCUT2D eigenvalue weighted by atomic mass is 16.6. The molecule has 422 valence electrons. The van der Waals surface area contributed by atoms with Crippen LogP contribution in [-0.2, 0) is 38.1 Å². The van der Waals surface area contributed by atoms with E-state index in [1.54, 1.807) is 4.90 Å². The molecule has 0 radical (unpaired) electrons. The lowest BCUT2D eigenvalue weighted by Crippen LogP contribution is -2.63. The van der Waals surface area contributed by atoms with Gasteiger partial charge in [-0.3, -0.25) is 19.2 Å². The maximum atomic E-state index is 16.0. The van der Waals surface area contributed by atoms with Crippen molar-refractivity contribution < 1.29 is 38.1 Å². The third-order valence-electron chi connectivity index (χ3n) is 21.1. The van der Waals surface area contributed by atoms with Crippen molar-refractivity contribution in [1.29, 1.82) is 0 Å². The molecule has 0 N–H and O–H groups in total. The van der Waals surface area contributed by atoms with E-state index in [-0.39, 0.29) is 60.5 Å². The zero-order valence-corrected chi connectivity index (χ0v) is 51.8. The Balaban J connectivity index is 3.18. The molecule has 2 aliphatic heterocycles. The van der Waals surface area contributed by atoms with Crippen LogP contribution in [-0.4, -0.2) is 100 Å². The quantitative estimate of drug-likeness (QED) is 0.0462. The van der Waals surface area contributed by atoms with Gasteiger partial charge in [-0.2, -0.15) is 0 Å². The Morgan fingerprint density at radius 2 is 0.944 bits per heavy atom. The third kappa shape index (κ3) is 13.0. The Morgan fingerprint density at radius 1 is 0.514 bits per heavy atom. The summed E-state index contributed by atoms with van der Waals surface area (Å²) in [6.07, 6.45) is 11.0. The van der Waals surface area contributed by atoms with Crippen LogP contribution in [0.3, 0.4) is 0 Å². The van der Waals surface area contributed by atoms with Gasteiger partial charge in [-0.1, -0.05) is 164 Å². The van der Waals surface area contributed by atoms with E-state index in [0.717, 1.165) is 57.8 Å². The Morgan fingerprint density at radius 3 is 1.31 bits per heavy atom. The van der Waals surface area contributed by atoms with Crippen molar-refractivity contribution in [2.24, 2.45) is 65.5 Å². The van der Waals surface area contributed by atoms with Gasteiger partial charge in [0.1, 0.15) is 25.4 Å². The molecule has 10 atom stereocenters. The third-order valence-corrected chi connectivity index (χ3v) is 21.1. The number of esters is 2. The highest BCUT2D eigenvalue weighted by Crippen LogP contribution is 2.71. The first kappa shape index (κ1) is 65.9. The zero-order valence-electron chi connectivity index (χ0n) is 51.8. The van der Waals surface area contributed by atoms with E-state index in [1.807, 2.05) is 33.1 Å². The van der Waals surface area contributed by atoms with Crippen molar-refractivity contribution >= 4 is 23.8 Å². The van der Waals surface area contributed by atoms with E-state index in [1.165, 1.54) is 0 Å². The molecule has 0 bridgehead atoms. The van der Waals surface area contributed by atoms with Gasteiger partial charge in [-0.15, -0.1) is 0 Å². The number of rotatable bonds is 34. The second-order valence-corrected chi connectivity index (χ2v) is 27.8. The first-order chi connectivity index (χ1) is 32.9. The van der Waals surface area contributed by atoms with Gasteiger partial charge in [0.2, 0.25) is 11.8 Å². The minimum absolute atomic E-state index is 0.0440. The molecule has 2 heterocycles. The van der Waals surface area contributed by atoms with Gasteiger partial charge in [-0.25, -0.2) is 0 Å². The van der Waals surface area contributed by atoms with Crippen molar-refractivity contribution in [1.82, 2.24) is 9.80 Å². The molecule has 10 heteroatoms. The monoisotopic (exact) mass is 1020 g/mol. The van der Waals surface area contributed by atoms with Crippen molar-refractivity contribution in [3.05, 3.63) is 0 Å². The molecule has 0 saturated carbocycles. The number of carbonyl (C=O) groups is 4. The van der Waals surface area contributed by atoms with E-state index in [0.29, 0.717) is 51.7 Å². The lowest BCUT2D eigenvalue weighted by Gasteiger charge is -2.64. The normalized spacial score (nSPS) is 22.8. The summed E-state index contributed by atoms with van der Waals surface area (Å²) in [4.78, 5) is 65.0. The maximum absolute atomic E-state index is 16.0. The fourth-order valence-corrected chi connectivity index (χ4v) is 16.5. The molecular weight excluding hydrogens is 901 g/mol. The van der Waals surface area contributed by atoms with E-state index in [4.69, 9.17) is 18.9 Å². The molecule has 0 aromatic heterocycles. The van der Waals surface area contributed by atoms with E-state index < -0.39 is 54.1 Å². The molecule has 2 saturated heterocycles. The van der Waals surface area contributed by atoms with Crippen molar-refractivity contribution in [3.8, 4) is 0 Å². The Hall–Kier alpha value is -2.20. The van der Waals surface area contributed by atoms with E-state index in [9.17, 15) is 4.79 Å². The van der Waals surface area contributed by atoms with Crippen LogP contribution in [0.2, 0.25) is 0 Å². The van der Waals surface area contributed by atoms with Crippen LogP contribution >= 0.6 is 0 Å². The first-order valence-corrected chi connectivity index (χ1v) is 28.9. The Bertz CT molecular complexity index is 1800. The molecule has 2 fully saturated rings. The Labute approximate surface area is 444 Å². The van der Waals surface area contributed by atoms with Gasteiger partial charge in [0.25, 0.3) is 0 Å². The first-order valence-electron chi connectivity index (χ1n) is 28.9. The summed E-state index contributed by atoms with van der Waals surface area (Å²) in [7, 11) is 7.55. The van der Waals surface area contributed by atoms with Gasteiger partial charge in [0, 0.05) is 28.2 Å². The highest BCUT2D eigenvalue weighted by molar-refractivity contribution is 5.84. The second kappa shape index (κ2) is 24.4. The van der Waals surface area contributed by atoms with Gasteiger partial charge in [0.15, 0.2) is 0 Å². The van der Waals surface area contributed by atoms with Crippen LogP contribution in [0.25, 0.3) is 0 Å². The van der Waals surface area contributed by atoms with E-state index >= 15 is 14.4 Å². The number of hydrogen-bond acceptors (Lipinski definition) is 8. The maximum Gasteiger partial charge on any atom is 0.312 e. The summed E-state index contributed by atoms with van der Waals surface area (Å²) in [6, 6.07) is 0. The fraction of sp³-hybridized carbons (Fsp3) is 0.935. The molecular formula is C62H116N2O8. The van der Waals surface area contributed by atoms with Crippen molar-refractivity contribution in [3.63, 3.8) is 0 Å². The largest absolute Gasteiger partial charge is 0.462 e. The number of ether oxygens (including phenoxy) is 4. The average Bonchev–Trinajstić information content (AvgIpc) is 4.23. The van der Waals surface area contributed by atoms with Crippen LogP contribution in [0.4, 0.5) is 0 Å². The average molecular weight is 1020 g/mol. The lowest BCUT2D eigenvalue weighted by molar-refractivity contribution is -0.200. The predicted octanol–water partition coefficient (Wildman–Crippen LogP) is 14.8. The summed E-state index contributed by atoms with van der Waals surface area (Å²) in [6.45, 7) is 48.9. The zero-order chi connectivity index (χ0) is 56.0. The number of amides is 2. The minimum Gasteiger partial charge on any atom is -0.462 e. The van der Waals surface area contributed by atoms with Gasteiger partial charge < -0.3 is 28.7 Å². The molecule has 2 rings (SSSR count). The summed E-state index contributed by atoms with van der Waals surface area (Å²) in [5.41, 5.74) is -7.04. The molecule has 72 heavy (non-hydrogen) atoms. The summed E-state index contributed by atoms with van der Waals surface area (Å²) in [5, 5.41) is 0. The molecule has 0 aromatic carbocycles. The lowest BCUT2D eigenvalue weighted by atomic mass is 9.39. The number of epoxide rings is 2. The van der Waals surface area contributed by atoms with Crippen LogP contribution in [0, 0.1) is 65.5 Å². The smallest absolute Gasteiger partial charge is 0.312 e. The van der Waals surface area contributed by atoms with Crippen LogP contribution in [0.15, 0.2) is 0 Å². The molecule has 0 aromatic rings.